The highest BCUT2D eigenvalue weighted by molar-refractivity contribution is 9.08. The summed E-state index contributed by atoms with van der Waals surface area (Å²) < 4.78 is 5.07. The predicted molar refractivity (Wildman–Crippen MR) is 59.6 cm³/mol. The molecule has 2 rings (SSSR count). The maximum absolute atomic E-state index is 6.02. The van der Waals surface area contributed by atoms with Crippen LogP contribution < -0.4 is 0 Å². The van der Waals surface area contributed by atoms with Crippen LogP contribution in [-0.4, -0.2) is 5.16 Å². The molecule has 1 aromatic carbocycles. The van der Waals surface area contributed by atoms with Gasteiger partial charge in [0.1, 0.15) is 11.5 Å². The number of hydrogen-bond donors (Lipinski definition) is 0. The summed E-state index contributed by atoms with van der Waals surface area (Å²) in [6.45, 7) is 0. The van der Waals surface area contributed by atoms with Gasteiger partial charge >= 0.3 is 0 Å². The summed E-state index contributed by atoms with van der Waals surface area (Å²) in [7, 11) is 0. The summed E-state index contributed by atoms with van der Waals surface area (Å²) in [4.78, 5) is 0. The zero-order valence-corrected chi connectivity index (χ0v) is 9.55. The summed E-state index contributed by atoms with van der Waals surface area (Å²) in [5.41, 5.74) is 1.66. The Hall–Kier alpha value is -0.800. The molecular weight excluding hydrogens is 265 g/mol. The Bertz CT molecular complexity index is 441. The lowest BCUT2D eigenvalue weighted by atomic mass is 10.1. The third kappa shape index (κ3) is 1.83. The summed E-state index contributed by atoms with van der Waals surface area (Å²) >= 11 is 9.31. The van der Waals surface area contributed by atoms with Crippen LogP contribution in [0.1, 0.15) is 5.76 Å². The number of aromatic nitrogens is 1. The van der Waals surface area contributed by atoms with Crippen LogP contribution >= 0.6 is 27.5 Å². The summed E-state index contributed by atoms with van der Waals surface area (Å²) in [5.74, 6) is 0.792. The molecule has 72 valence electrons. The minimum Gasteiger partial charge on any atom is -0.360 e. The van der Waals surface area contributed by atoms with Crippen molar-refractivity contribution in [1.29, 1.82) is 0 Å². The molecule has 0 radical (unpaired) electrons. The first-order valence-corrected chi connectivity index (χ1v) is 5.57. The smallest absolute Gasteiger partial charge is 0.147 e. The fourth-order valence-corrected chi connectivity index (χ4v) is 1.67. The second-order valence-corrected chi connectivity index (χ2v) is 3.76. The number of benzene rings is 1. The number of halogens is 2. The van der Waals surface area contributed by atoms with Crippen molar-refractivity contribution in [3.8, 4) is 11.3 Å². The van der Waals surface area contributed by atoms with Gasteiger partial charge in [-0.25, -0.2) is 0 Å². The summed E-state index contributed by atoms with van der Waals surface area (Å²) in [6, 6.07) is 9.43. The number of hydrogen-bond acceptors (Lipinski definition) is 2. The van der Waals surface area contributed by atoms with Gasteiger partial charge in [-0.1, -0.05) is 50.9 Å². The van der Waals surface area contributed by atoms with E-state index in [1.165, 1.54) is 0 Å². The standard InChI is InChI=1S/C10H7BrClNO/c11-6-7-5-10(13-14-7)8-3-1-2-4-9(8)12/h1-5H,6H2. The average Bonchev–Trinajstić information content (AvgIpc) is 2.67. The van der Waals surface area contributed by atoms with Crippen molar-refractivity contribution in [2.75, 3.05) is 0 Å². The summed E-state index contributed by atoms with van der Waals surface area (Å²) in [6.07, 6.45) is 0. The van der Waals surface area contributed by atoms with Gasteiger partial charge in [-0.3, -0.25) is 0 Å². The van der Waals surface area contributed by atoms with Gasteiger partial charge in [0.25, 0.3) is 0 Å². The Kier molecular flexibility index (Phi) is 2.89. The molecule has 0 fully saturated rings. The average molecular weight is 273 g/mol. The van der Waals surface area contributed by atoms with Gasteiger partial charge in [-0.2, -0.15) is 0 Å². The lowest BCUT2D eigenvalue weighted by Gasteiger charge is -1.96. The molecule has 0 atom stereocenters. The Morgan fingerprint density at radius 3 is 2.79 bits per heavy atom. The van der Waals surface area contributed by atoms with E-state index < -0.39 is 0 Å². The predicted octanol–water partition coefficient (Wildman–Crippen LogP) is 3.89. The van der Waals surface area contributed by atoms with Crippen LogP contribution in [0.4, 0.5) is 0 Å². The van der Waals surface area contributed by atoms with Crippen LogP contribution in [0.5, 0.6) is 0 Å². The molecule has 0 N–H and O–H groups in total. The van der Waals surface area contributed by atoms with Crippen LogP contribution in [0, 0.1) is 0 Å². The Balaban J connectivity index is 2.44. The molecule has 0 amide bonds. The van der Waals surface area contributed by atoms with Crippen LogP contribution in [0.25, 0.3) is 11.3 Å². The fraction of sp³-hybridized carbons (Fsp3) is 0.100. The molecule has 1 heterocycles. The van der Waals surface area contributed by atoms with Crippen LogP contribution in [0.3, 0.4) is 0 Å². The van der Waals surface area contributed by atoms with Gasteiger partial charge in [0.2, 0.25) is 0 Å². The molecule has 1 aromatic heterocycles. The number of alkyl halides is 1. The highest BCUT2D eigenvalue weighted by Crippen LogP contribution is 2.27. The third-order valence-electron chi connectivity index (χ3n) is 1.84. The maximum Gasteiger partial charge on any atom is 0.147 e. The first-order chi connectivity index (χ1) is 6.81. The van der Waals surface area contributed by atoms with Gasteiger partial charge in [0, 0.05) is 11.6 Å². The molecule has 14 heavy (non-hydrogen) atoms. The fourth-order valence-electron chi connectivity index (χ4n) is 1.17. The topological polar surface area (TPSA) is 26.0 Å². The quantitative estimate of drug-likeness (QED) is 0.775. The van der Waals surface area contributed by atoms with Gasteiger partial charge in [-0.05, 0) is 6.07 Å². The molecule has 0 aliphatic carbocycles. The Labute approximate surface area is 95.0 Å². The van der Waals surface area contributed by atoms with Crippen molar-refractivity contribution in [1.82, 2.24) is 5.16 Å². The molecule has 0 saturated carbocycles. The van der Waals surface area contributed by atoms with E-state index in [9.17, 15) is 0 Å². The zero-order chi connectivity index (χ0) is 9.97. The Morgan fingerprint density at radius 1 is 1.36 bits per heavy atom. The first kappa shape index (κ1) is 9.74. The van der Waals surface area contributed by atoms with E-state index >= 15 is 0 Å². The van der Waals surface area contributed by atoms with E-state index in [-0.39, 0.29) is 0 Å². The van der Waals surface area contributed by atoms with Crippen molar-refractivity contribution < 1.29 is 4.52 Å². The van der Waals surface area contributed by atoms with E-state index in [0.29, 0.717) is 10.4 Å². The van der Waals surface area contributed by atoms with Crippen molar-refractivity contribution >= 4 is 27.5 Å². The highest BCUT2D eigenvalue weighted by Gasteiger charge is 2.07. The van der Waals surface area contributed by atoms with Gasteiger partial charge in [0.15, 0.2) is 0 Å². The highest BCUT2D eigenvalue weighted by atomic mass is 79.9. The van der Waals surface area contributed by atoms with Crippen LogP contribution in [-0.2, 0) is 5.33 Å². The van der Waals surface area contributed by atoms with E-state index in [1.807, 2.05) is 30.3 Å². The van der Waals surface area contributed by atoms with Gasteiger partial charge in [0.05, 0.1) is 10.4 Å². The van der Waals surface area contributed by atoms with Crippen molar-refractivity contribution in [2.24, 2.45) is 0 Å². The molecule has 2 nitrogen and oxygen atoms in total. The lowest BCUT2D eigenvalue weighted by molar-refractivity contribution is 0.398. The molecule has 0 bridgehead atoms. The monoisotopic (exact) mass is 271 g/mol. The molecule has 4 heteroatoms. The molecule has 0 aliphatic heterocycles. The Morgan fingerprint density at radius 2 is 2.14 bits per heavy atom. The SMILES string of the molecule is Clc1ccccc1-c1cc(CBr)on1. The molecule has 0 unspecified atom stereocenters. The van der Waals surface area contributed by atoms with E-state index in [1.54, 1.807) is 0 Å². The minimum absolute atomic E-state index is 0.657. The second-order valence-electron chi connectivity index (χ2n) is 2.79. The number of nitrogens with zero attached hydrogens (tertiary/aromatic N) is 1. The molecular formula is C10H7BrClNO. The normalized spacial score (nSPS) is 10.4. The number of rotatable bonds is 2. The van der Waals surface area contributed by atoms with Crippen LogP contribution in [0.15, 0.2) is 34.9 Å². The van der Waals surface area contributed by atoms with Crippen molar-refractivity contribution in [3.63, 3.8) is 0 Å². The molecule has 0 saturated heterocycles. The van der Waals surface area contributed by atoms with Gasteiger partial charge < -0.3 is 4.52 Å². The second kappa shape index (κ2) is 4.15. The largest absolute Gasteiger partial charge is 0.360 e. The lowest BCUT2D eigenvalue weighted by Crippen LogP contribution is -1.77. The van der Waals surface area contributed by atoms with Gasteiger partial charge in [-0.15, -0.1) is 0 Å². The van der Waals surface area contributed by atoms with E-state index in [2.05, 4.69) is 21.1 Å². The zero-order valence-electron chi connectivity index (χ0n) is 7.21. The molecule has 0 spiro atoms. The minimum atomic E-state index is 0.657. The van der Waals surface area contributed by atoms with Crippen molar-refractivity contribution in [3.05, 3.63) is 41.1 Å². The molecule has 2 aromatic rings. The molecule has 0 aliphatic rings. The maximum atomic E-state index is 6.02. The third-order valence-corrected chi connectivity index (χ3v) is 2.72. The van der Waals surface area contributed by atoms with Crippen LogP contribution in [0.2, 0.25) is 5.02 Å². The van der Waals surface area contributed by atoms with E-state index in [4.69, 9.17) is 16.1 Å². The summed E-state index contributed by atoms with van der Waals surface area (Å²) in [5, 5.41) is 5.27. The van der Waals surface area contributed by atoms with E-state index in [0.717, 1.165) is 17.0 Å². The van der Waals surface area contributed by atoms with Crippen molar-refractivity contribution in [2.45, 2.75) is 5.33 Å². The first-order valence-electron chi connectivity index (χ1n) is 4.07.